The molecule has 146 valence electrons. The van der Waals surface area contributed by atoms with Gasteiger partial charge in [0.05, 0.1) is 17.4 Å². The van der Waals surface area contributed by atoms with Crippen LogP contribution < -0.4 is 0 Å². The summed E-state index contributed by atoms with van der Waals surface area (Å²) in [5.41, 5.74) is 2.15. The number of benzene rings is 1. The Kier molecular flexibility index (Phi) is 5.27. The van der Waals surface area contributed by atoms with Crippen molar-refractivity contribution in [1.82, 2.24) is 19.4 Å². The summed E-state index contributed by atoms with van der Waals surface area (Å²) in [5, 5.41) is 0. The van der Waals surface area contributed by atoms with Crippen molar-refractivity contribution < 1.29 is 9.59 Å². The van der Waals surface area contributed by atoms with Gasteiger partial charge in [0.2, 0.25) is 5.91 Å². The Bertz CT molecular complexity index is 847. The Morgan fingerprint density at radius 3 is 2.37 bits per heavy atom. The van der Waals surface area contributed by atoms with E-state index in [1.807, 2.05) is 55.1 Å². The van der Waals surface area contributed by atoms with Crippen molar-refractivity contribution in [3.05, 3.63) is 30.1 Å². The van der Waals surface area contributed by atoms with Gasteiger partial charge in [0.15, 0.2) is 0 Å². The number of rotatable bonds is 2. The fourth-order valence-corrected chi connectivity index (χ4v) is 3.56. The number of nitrogens with zero attached hydrogens (tertiary/aromatic N) is 4. The first kappa shape index (κ1) is 19.4. The molecule has 0 N–H and O–H groups in total. The van der Waals surface area contributed by atoms with Gasteiger partial charge in [-0.15, -0.1) is 0 Å². The summed E-state index contributed by atoms with van der Waals surface area (Å²) >= 11 is 0. The van der Waals surface area contributed by atoms with Gasteiger partial charge >= 0.3 is 0 Å². The summed E-state index contributed by atoms with van der Waals surface area (Å²) in [7, 11) is 0. The van der Waals surface area contributed by atoms with E-state index in [9.17, 15) is 9.59 Å². The molecule has 27 heavy (non-hydrogen) atoms. The number of aromatic nitrogens is 2. The molecule has 0 aliphatic carbocycles. The molecule has 0 spiro atoms. The lowest BCUT2D eigenvalue weighted by molar-refractivity contribution is -0.139. The van der Waals surface area contributed by atoms with Crippen LogP contribution in [-0.4, -0.2) is 57.3 Å². The normalized spacial score (nSPS) is 16.1. The van der Waals surface area contributed by atoms with Gasteiger partial charge < -0.3 is 14.4 Å². The third-order valence-corrected chi connectivity index (χ3v) is 5.09. The largest absolute Gasteiger partial charge is 0.340 e. The highest BCUT2D eigenvalue weighted by Gasteiger charge is 2.29. The van der Waals surface area contributed by atoms with E-state index in [0.717, 1.165) is 17.5 Å². The molecule has 2 heterocycles. The summed E-state index contributed by atoms with van der Waals surface area (Å²) in [4.78, 5) is 33.7. The van der Waals surface area contributed by atoms with Crippen LogP contribution in [0.1, 0.15) is 57.4 Å². The van der Waals surface area contributed by atoms with Crippen LogP contribution in [0.3, 0.4) is 0 Å². The lowest BCUT2D eigenvalue weighted by Crippen LogP contribution is -2.42. The van der Waals surface area contributed by atoms with Crippen molar-refractivity contribution in [3.8, 4) is 0 Å². The third kappa shape index (κ3) is 3.99. The van der Waals surface area contributed by atoms with Gasteiger partial charge in [-0.2, -0.15) is 0 Å². The zero-order valence-electron chi connectivity index (χ0n) is 17.0. The number of hydrogen-bond donors (Lipinski definition) is 0. The molecular weight excluding hydrogens is 340 g/mol. The second kappa shape index (κ2) is 7.33. The average molecular weight is 370 g/mol. The summed E-state index contributed by atoms with van der Waals surface area (Å²) in [5.74, 6) is 0.165. The van der Waals surface area contributed by atoms with Crippen LogP contribution in [0.2, 0.25) is 0 Å². The van der Waals surface area contributed by atoms with Gasteiger partial charge in [0, 0.05) is 43.2 Å². The fourth-order valence-electron chi connectivity index (χ4n) is 3.56. The molecule has 1 aromatic carbocycles. The topological polar surface area (TPSA) is 58.4 Å². The van der Waals surface area contributed by atoms with Gasteiger partial charge in [-0.05, 0) is 38.5 Å². The zero-order valence-corrected chi connectivity index (χ0v) is 17.0. The number of imidazole rings is 1. The minimum absolute atomic E-state index is 0.0149. The van der Waals surface area contributed by atoms with E-state index in [-0.39, 0.29) is 17.2 Å². The van der Waals surface area contributed by atoms with Crippen molar-refractivity contribution in [2.45, 2.75) is 47.1 Å². The average Bonchev–Trinajstić information content (AvgIpc) is 2.88. The van der Waals surface area contributed by atoms with Crippen LogP contribution in [0.4, 0.5) is 0 Å². The standard InChI is InChI=1S/C21H30N4O2/c1-15(2)25-14-22-17-13-16(7-8-18(17)25)19(26)23-9-6-10-24(12-11-23)20(27)21(3,4)5/h7-8,13-15H,6,9-12H2,1-5H3. The molecule has 1 aliphatic heterocycles. The first-order valence-corrected chi connectivity index (χ1v) is 9.73. The monoisotopic (exact) mass is 370 g/mol. The number of hydrogen-bond acceptors (Lipinski definition) is 3. The van der Waals surface area contributed by atoms with Crippen LogP contribution in [0.25, 0.3) is 11.0 Å². The van der Waals surface area contributed by atoms with Crippen molar-refractivity contribution in [3.63, 3.8) is 0 Å². The van der Waals surface area contributed by atoms with Gasteiger partial charge in [-0.3, -0.25) is 9.59 Å². The molecule has 6 nitrogen and oxygen atoms in total. The molecule has 0 radical (unpaired) electrons. The van der Waals surface area contributed by atoms with Gasteiger partial charge in [-0.25, -0.2) is 4.98 Å². The summed E-state index contributed by atoms with van der Waals surface area (Å²) in [6, 6.07) is 6.06. The number of amides is 2. The zero-order chi connectivity index (χ0) is 19.8. The Labute approximate surface area is 161 Å². The third-order valence-electron chi connectivity index (χ3n) is 5.09. The molecule has 1 fully saturated rings. The maximum Gasteiger partial charge on any atom is 0.253 e. The van der Waals surface area contributed by atoms with Gasteiger partial charge in [0.25, 0.3) is 5.91 Å². The molecule has 3 rings (SSSR count). The predicted molar refractivity (Wildman–Crippen MR) is 107 cm³/mol. The van der Waals surface area contributed by atoms with Crippen LogP contribution in [0, 0.1) is 5.41 Å². The quantitative estimate of drug-likeness (QED) is 0.815. The molecule has 1 aliphatic rings. The number of fused-ring (bicyclic) bond motifs is 1. The predicted octanol–water partition coefficient (Wildman–Crippen LogP) is 3.34. The first-order chi connectivity index (χ1) is 12.7. The Morgan fingerprint density at radius 2 is 1.70 bits per heavy atom. The van der Waals surface area contributed by atoms with Crippen molar-refractivity contribution in [2.24, 2.45) is 5.41 Å². The van der Waals surface area contributed by atoms with Gasteiger partial charge in [-0.1, -0.05) is 20.8 Å². The second-order valence-electron chi connectivity index (χ2n) is 8.64. The van der Waals surface area contributed by atoms with Crippen LogP contribution >= 0.6 is 0 Å². The van der Waals surface area contributed by atoms with E-state index >= 15 is 0 Å². The molecule has 1 aromatic heterocycles. The Morgan fingerprint density at radius 1 is 1.04 bits per heavy atom. The van der Waals surface area contributed by atoms with E-state index in [1.54, 1.807) is 0 Å². The van der Waals surface area contributed by atoms with Crippen LogP contribution in [0.5, 0.6) is 0 Å². The van der Waals surface area contributed by atoms with Crippen molar-refractivity contribution >= 4 is 22.8 Å². The number of carbonyl (C=O) groups excluding carboxylic acids is 2. The van der Waals surface area contributed by atoms with E-state index < -0.39 is 0 Å². The van der Waals surface area contributed by atoms with E-state index in [4.69, 9.17) is 0 Å². The molecule has 0 unspecified atom stereocenters. The van der Waals surface area contributed by atoms with E-state index in [2.05, 4.69) is 23.4 Å². The lowest BCUT2D eigenvalue weighted by atomic mass is 9.94. The number of carbonyl (C=O) groups is 2. The Hall–Kier alpha value is -2.37. The summed E-state index contributed by atoms with van der Waals surface area (Å²) in [6.07, 6.45) is 2.63. The van der Waals surface area contributed by atoms with Crippen molar-refractivity contribution in [2.75, 3.05) is 26.2 Å². The highest BCUT2D eigenvalue weighted by atomic mass is 16.2. The maximum absolute atomic E-state index is 13.0. The second-order valence-corrected chi connectivity index (χ2v) is 8.64. The first-order valence-electron chi connectivity index (χ1n) is 9.73. The highest BCUT2D eigenvalue weighted by Crippen LogP contribution is 2.21. The molecular formula is C21H30N4O2. The molecule has 0 atom stereocenters. The minimum atomic E-state index is -0.389. The molecule has 0 bridgehead atoms. The molecule has 2 aromatic rings. The van der Waals surface area contributed by atoms with E-state index in [0.29, 0.717) is 37.8 Å². The molecule has 2 amide bonds. The van der Waals surface area contributed by atoms with Gasteiger partial charge in [0.1, 0.15) is 0 Å². The Balaban J connectivity index is 1.74. The SMILES string of the molecule is CC(C)n1cnc2cc(C(=O)N3CCCN(C(=O)C(C)(C)C)CC3)ccc21. The van der Waals surface area contributed by atoms with Crippen LogP contribution in [0.15, 0.2) is 24.5 Å². The highest BCUT2D eigenvalue weighted by molar-refractivity contribution is 5.97. The molecule has 6 heteroatoms. The van der Waals surface area contributed by atoms with Crippen molar-refractivity contribution in [1.29, 1.82) is 0 Å². The minimum Gasteiger partial charge on any atom is -0.340 e. The smallest absolute Gasteiger partial charge is 0.253 e. The molecule has 1 saturated heterocycles. The summed E-state index contributed by atoms with van der Waals surface area (Å²) < 4.78 is 2.10. The maximum atomic E-state index is 13.0. The summed E-state index contributed by atoms with van der Waals surface area (Å²) in [6.45, 7) is 12.6. The molecule has 0 saturated carbocycles. The van der Waals surface area contributed by atoms with E-state index in [1.165, 1.54) is 0 Å². The lowest BCUT2D eigenvalue weighted by Gasteiger charge is -2.28. The van der Waals surface area contributed by atoms with Crippen LogP contribution in [-0.2, 0) is 4.79 Å². The fraction of sp³-hybridized carbons (Fsp3) is 0.571.